The van der Waals surface area contributed by atoms with Gasteiger partial charge >= 0.3 is 17.9 Å². The van der Waals surface area contributed by atoms with Gasteiger partial charge < -0.3 is 14.2 Å². The molecule has 0 saturated heterocycles. The highest BCUT2D eigenvalue weighted by atomic mass is 16.6. The molecule has 0 saturated carbocycles. The van der Waals surface area contributed by atoms with Crippen LogP contribution in [-0.2, 0) is 28.6 Å². The zero-order valence-corrected chi connectivity index (χ0v) is 40.2. The fourth-order valence-electron chi connectivity index (χ4n) is 8.01. The summed E-state index contributed by atoms with van der Waals surface area (Å²) < 4.78 is 16.7. The van der Waals surface area contributed by atoms with Gasteiger partial charge in [-0.15, -0.1) is 0 Å². The highest BCUT2D eigenvalue weighted by Crippen LogP contribution is 2.18. The lowest BCUT2D eigenvalue weighted by atomic mass is 9.99. The molecule has 0 radical (unpaired) electrons. The van der Waals surface area contributed by atoms with Crippen molar-refractivity contribution in [3.05, 3.63) is 0 Å². The maximum atomic E-state index is 12.7. The third-order valence-corrected chi connectivity index (χ3v) is 12.4. The van der Waals surface area contributed by atoms with E-state index in [0.717, 1.165) is 70.1 Å². The first-order valence-corrected chi connectivity index (χ1v) is 26.4. The maximum absolute atomic E-state index is 12.7. The van der Waals surface area contributed by atoms with Gasteiger partial charge in [0.25, 0.3) is 0 Å². The lowest BCUT2D eigenvalue weighted by molar-refractivity contribution is -0.167. The van der Waals surface area contributed by atoms with Crippen molar-refractivity contribution in [1.29, 1.82) is 0 Å². The molecular weight excluding hydrogens is 733 g/mol. The Hall–Kier alpha value is -1.59. The molecule has 0 fully saturated rings. The third-order valence-electron chi connectivity index (χ3n) is 12.4. The third kappa shape index (κ3) is 45.8. The summed E-state index contributed by atoms with van der Waals surface area (Å²) in [5, 5.41) is 0. The van der Waals surface area contributed by atoms with E-state index in [-0.39, 0.29) is 31.1 Å². The Kier molecular flexibility index (Phi) is 46.2. The van der Waals surface area contributed by atoms with Gasteiger partial charge in [-0.1, -0.05) is 259 Å². The Morgan fingerprint density at radius 1 is 0.339 bits per heavy atom. The van der Waals surface area contributed by atoms with E-state index >= 15 is 0 Å². The molecule has 0 spiro atoms. The summed E-state index contributed by atoms with van der Waals surface area (Å²) in [6.45, 7) is 9.00. The summed E-state index contributed by atoms with van der Waals surface area (Å²) in [4.78, 5) is 37.6. The monoisotopic (exact) mass is 835 g/mol. The number of rotatable bonds is 48. The number of ether oxygens (including phenoxy) is 3. The average molecular weight is 835 g/mol. The van der Waals surface area contributed by atoms with Crippen molar-refractivity contribution in [3.63, 3.8) is 0 Å². The van der Waals surface area contributed by atoms with E-state index in [9.17, 15) is 14.4 Å². The standard InChI is InChI=1S/C53H102O6/c1-5-8-10-12-13-14-15-16-24-27-30-33-37-41-45-52(55)58-48-50(47-57-51(54)44-40-35-11-9-6-2)59-53(56)46-42-38-34-31-28-25-22-20-18-17-19-21-23-26-29-32-36-39-43-49(4)7-3/h49-50H,5-48H2,1-4H3/t49?,50-/m1/s1. The first kappa shape index (κ1) is 57.4. The summed E-state index contributed by atoms with van der Waals surface area (Å²) in [7, 11) is 0. The molecule has 0 aromatic rings. The zero-order chi connectivity index (χ0) is 43.1. The first-order chi connectivity index (χ1) is 28.9. The van der Waals surface area contributed by atoms with Crippen LogP contribution in [0.3, 0.4) is 0 Å². The average Bonchev–Trinajstić information content (AvgIpc) is 3.23. The minimum absolute atomic E-state index is 0.0637. The molecule has 350 valence electrons. The van der Waals surface area contributed by atoms with Gasteiger partial charge in [-0.3, -0.25) is 14.4 Å². The molecule has 0 rings (SSSR count). The summed E-state index contributed by atoms with van der Waals surface area (Å²) in [6, 6.07) is 0. The number of esters is 3. The Labute approximate surface area is 368 Å². The van der Waals surface area contributed by atoms with Gasteiger partial charge in [0.1, 0.15) is 13.2 Å². The Morgan fingerprint density at radius 3 is 0.881 bits per heavy atom. The predicted molar refractivity (Wildman–Crippen MR) is 252 cm³/mol. The minimum Gasteiger partial charge on any atom is -0.462 e. The van der Waals surface area contributed by atoms with E-state index in [1.807, 2.05) is 0 Å². The number of hydrogen-bond acceptors (Lipinski definition) is 6. The maximum Gasteiger partial charge on any atom is 0.306 e. The molecule has 0 aromatic carbocycles. The first-order valence-electron chi connectivity index (χ1n) is 26.4. The van der Waals surface area contributed by atoms with Gasteiger partial charge in [-0.25, -0.2) is 0 Å². The van der Waals surface area contributed by atoms with Gasteiger partial charge in [0, 0.05) is 19.3 Å². The summed E-state index contributed by atoms with van der Waals surface area (Å²) in [6.07, 6.45) is 49.8. The fraction of sp³-hybridized carbons (Fsp3) is 0.943. The second kappa shape index (κ2) is 47.5. The second-order valence-electron chi connectivity index (χ2n) is 18.4. The molecule has 6 nitrogen and oxygen atoms in total. The van der Waals surface area contributed by atoms with E-state index in [2.05, 4.69) is 27.7 Å². The Balaban J connectivity index is 4.06. The lowest BCUT2D eigenvalue weighted by Gasteiger charge is -2.18. The summed E-state index contributed by atoms with van der Waals surface area (Å²) in [5.74, 6) is 0.0508. The zero-order valence-electron chi connectivity index (χ0n) is 40.2. The molecular formula is C53H102O6. The quantitative estimate of drug-likeness (QED) is 0.0345. The van der Waals surface area contributed by atoms with Gasteiger partial charge in [0.2, 0.25) is 0 Å². The molecule has 0 aliphatic rings. The summed E-state index contributed by atoms with van der Waals surface area (Å²) >= 11 is 0. The van der Waals surface area contributed by atoms with Gasteiger partial charge in [-0.2, -0.15) is 0 Å². The predicted octanol–water partition coefficient (Wildman–Crippen LogP) is 17.1. The molecule has 6 heteroatoms. The highest BCUT2D eigenvalue weighted by molar-refractivity contribution is 5.71. The van der Waals surface area contributed by atoms with Crippen LogP contribution in [0.4, 0.5) is 0 Å². The van der Waals surface area contributed by atoms with Crippen LogP contribution in [0.5, 0.6) is 0 Å². The Morgan fingerprint density at radius 2 is 0.593 bits per heavy atom. The smallest absolute Gasteiger partial charge is 0.306 e. The van der Waals surface area contributed by atoms with Crippen LogP contribution in [0, 0.1) is 5.92 Å². The second-order valence-corrected chi connectivity index (χ2v) is 18.4. The normalized spacial score (nSPS) is 12.4. The molecule has 0 bridgehead atoms. The SMILES string of the molecule is CCCCCCCCCCCCCCCCC(=O)OC[C@@H](COC(=O)CCCCCCC)OC(=O)CCCCCCCCCCCCCCCCCCCCC(C)CC. The Bertz CT molecular complexity index is 889. The van der Waals surface area contributed by atoms with E-state index < -0.39 is 6.10 Å². The molecule has 0 N–H and O–H groups in total. The molecule has 0 heterocycles. The van der Waals surface area contributed by atoms with Gasteiger partial charge in [0.05, 0.1) is 0 Å². The minimum atomic E-state index is -0.758. The fourth-order valence-corrected chi connectivity index (χ4v) is 8.01. The lowest BCUT2D eigenvalue weighted by Crippen LogP contribution is -2.30. The van der Waals surface area contributed by atoms with Crippen molar-refractivity contribution >= 4 is 17.9 Å². The van der Waals surface area contributed by atoms with Crippen LogP contribution in [0.2, 0.25) is 0 Å². The van der Waals surface area contributed by atoms with Crippen LogP contribution in [0.1, 0.15) is 297 Å². The van der Waals surface area contributed by atoms with Gasteiger partial charge in [0.15, 0.2) is 6.10 Å². The van der Waals surface area contributed by atoms with Gasteiger partial charge in [-0.05, 0) is 25.2 Å². The largest absolute Gasteiger partial charge is 0.462 e. The van der Waals surface area contributed by atoms with E-state index in [4.69, 9.17) is 14.2 Å². The van der Waals surface area contributed by atoms with Crippen LogP contribution < -0.4 is 0 Å². The number of carbonyl (C=O) groups is 3. The molecule has 0 aliphatic heterocycles. The molecule has 1 unspecified atom stereocenters. The van der Waals surface area contributed by atoms with Crippen molar-refractivity contribution in [2.45, 2.75) is 303 Å². The molecule has 0 amide bonds. The van der Waals surface area contributed by atoms with Crippen molar-refractivity contribution < 1.29 is 28.6 Å². The highest BCUT2D eigenvalue weighted by Gasteiger charge is 2.19. The molecule has 2 atom stereocenters. The number of carbonyl (C=O) groups excluding carboxylic acids is 3. The van der Waals surface area contributed by atoms with Crippen molar-refractivity contribution in [3.8, 4) is 0 Å². The number of unbranched alkanes of at least 4 members (excludes halogenated alkanes) is 34. The van der Waals surface area contributed by atoms with Crippen molar-refractivity contribution in [1.82, 2.24) is 0 Å². The topological polar surface area (TPSA) is 78.9 Å². The number of hydrogen-bond donors (Lipinski definition) is 0. The molecule has 0 aromatic heterocycles. The van der Waals surface area contributed by atoms with E-state index in [1.54, 1.807) is 0 Å². The molecule has 0 aliphatic carbocycles. The van der Waals surface area contributed by atoms with Crippen LogP contribution in [0.25, 0.3) is 0 Å². The summed E-state index contributed by atoms with van der Waals surface area (Å²) in [5.41, 5.74) is 0. The van der Waals surface area contributed by atoms with Crippen molar-refractivity contribution in [2.24, 2.45) is 5.92 Å². The molecule has 59 heavy (non-hydrogen) atoms. The van der Waals surface area contributed by atoms with E-state index in [0.29, 0.717) is 19.3 Å². The van der Waals surface area contributed by atoms with Crippen LogP contribution in [0.15, 0.2) is 0 Å². The van der Waals surface area contributed by atoms with Crippen molar-refractivity contribution in [2.75, 3.05) is 13.2 Å². The van der Waals surface area contributed by atoms with Crippen LogP contribution in [-0.4, -0.2) is 37.2 Å². The van der Waals surface area contributed by atoms with Crippen LogP contribution >= 0.6 is 0 Å². The van der Waals surface area contributed by atoms with E-state index in [1.165, 1.54) is 186 Å².